The van der Waals surface area contributed by atoms with Crippen LogP contribution in [-0.4, -0.2) is 19.6 Å². The van der Waals surface area contributed by atoms with E-state index in [1.54, 1.807) is 19.1 Å². The number of hydrogen-bond donors (Lipinski definition) is 2. The monoisotopic (exact) mass is 287 g/mol. The van der Waals surface area contributed by atoms with Crippen LogP contribution in [0, 0.1) is 12.7 Å². The Bertz CT molecular complexity index is 854. The fourth-order valence-corrected chi connectivity index (χ4v) is 2.25. The number of benzene rings is 1. The van der Waals surface area contributed by atoms with Crippen molar-refractivity contribution in [2.75, 3.05) is 5.32 Å². The van der Waals surface area contributed by atoms with Crippen molar-refractivity contribution in [3.05, 3.63) is 58.0 Å². The van der Waals surface area contributed by atoms with Gasteiger partial charge < -0.3 is 5.32 Å². The van der Waals surface area contributed by atoms with Gasteiger partial charge in [-0.1, -0.05) is 12.1 Å². The summed E-state index contributed by atoms with van der Waals surface area (Å²) in [5, 5.41) is 9.48. The van der Waals surface area contributed by atoms with Crippen LogP contribution >= 0.6 is 0 Å². The van der Waals surface area contributed by atoms with Gasteiger partial charge in [0.05, 0.1) is 6.04 Å². The molecule has 0 fully saturated rings. The predicted molar refractivity (Wildman–Crippen MR) is 76.8 cm³/mol. The number of aromatic nitrogens is 4. The van der Waals surface area contributed by atoms with E-state index in [9.17, 15) is 9.18 Å². The Morgan fingerprint density at radius 2 is 2.19 bits per heavy atom. The fraction of sp³-hybridized carbons (Fsp3) is 0.214. The zero-order valence-electron chi connectivity index (χ0n) is 11.6. The molecular weight excluding hydrogens is 273 g/mol. The number of nitrogens with zero attached hydrogens (tertiary/aromatic N) is 3. The van der Waals surface area contributed by atoms with Crippen LogP contribution in [0.15, 0.2) is 35.1 Å². The maximum absolute atomic E-state index is 13.2. The topological polar surface area (TPSA) is 75.1 Å². The quantitative estimate of drug-likeness (QED) is 0.773. The first-order valence-electron chi connectivity index (χ1n) is 6.51. The summed E-state index contributed by atoms with van der Waals surface area (Å²) in [5.74, 6) is 0.829. The Labute approximate surface area is 119 Å². The highest BCUT2D eigenvalue weighted by atomic mass is 19.1. The average molecular weight is 287 g/mol. The van der Waals surface area contributed by atoms with Gasteiger partial charge in [0.15, 0.2) is 5.65 Å². The molecule has 2 heterocycles. The van der Waals surface area contributed by atoms with Crippen molar-refractivity contribution in [2.24, 2.45) is 0 Å². The Kier molecular flexibility index (Phi) is 3.17. The van der Waals surface area contributed by atoms with Gasteiger partial charge >= 0.3 is 5.69 Å². The van der Waals surface area contributed by atoms with E-state index >= 15 is 0 Å². The molecule has 6 nitrogen and oxygen atoms in total. The third-order valence-electron chi connectivity index (χ3n) is 3.28. The first-order chi connectivity index (χ1) is 10.0. The summed E-state index contributed by atoms with van der Waals surface area (Å²) < 4.78 is 14.6. The van der Waals surface area contributed by atoms with Crippen LogP contribution in [0.4, 0.5) is 10.2 Å². The van der Waals surface area contributed by atoms with E-state index in [-0.39, 0.29) is 17.5 Å². The van der Waals surface area contributed by atoms with Gasteiger partial charge in [0, 0.05) is 6.07 Å². The molecule has 0 aliphatic carbocycles. The first kappa shape index (κ1) is 13.3. The van der Waals surface area contributed by atoms with Gasteiger partial charge in [0.25, 0.3) is 0 Å². The van der Waals surface area contributed by atoms with Crippen molar-refractivity contribution in [1.82, 2.24) is 19.6 Å². The summed E-state index contributed by atoms with van der Waals surface area (Å²) >= 11 is 0. The Morgan fingerprint density at radius 3 is 2.95 bits per heavy atom. The summed E-state index contributed by atoms with van der Waals surface area (Å²) in [6.45, 7) is 3.63. The highest BCUT2D eigenvalue weighted by molar-refractivity contribution is 5.50. The van der Waals surface area contributed by atoms with Gasteiger partial charge in [0.2, 0.25) is 0 Å². The van der Waals surface area contributed by atoms with E-state index < -0.39 is 0 Å². The van der Waals surface area contributed by atoms with Crippen molar-refractivity contribution in [3.8, 4) is 0 Å². The molecule has 3 rings (SSSR count). The molecule has 0 saturated heterocycles. The van der Waals surface area contributed by atoms with E-state index in [1.165, 1.54) is 16.5 Å². The molecule has 0 bridgehead atoms. The molecule has 7 heteroatoms. The predicted octanol–water partition coefficient (Wildman–Crippen LogP) is 2.04. The molecule has 1 aromatic carbocycles. The molecule has 21 heavy (non-hydrogen) atoms. The summed E-state index contributed by atoms with van der Waals surface area (Å²) in [5.41, 5.74) is 0.981. The second-order valence-electron chi connectivity index (χ2n) is 4.83. The number of H-pyrrole nitrogens is 1. The average Bonchev–Trinajstić information content (AvgIpc) is 2.80. The lowest BCUT2D eigenvalue weighted by molar-refractivity contribution is 0.623. The number of anilines is 1. The second kappa shape index (κ2) is 5.01. The molecular formula is C14H14FN5O. The van der Waals surface area contributed by atoms with Crippen LogP contribution < -0.4 is 11.0 Å². The number of aryl methyl sites for hydroxylation is 1. The van der Waals surface area contributed by atoms with Crippen molar-refractivity contribution in [2.45, 2.75) is 19.9 Å². The molecule has 3 aromatic rings. The van der Waals surface area contributed by atoms with Crippen molar-refractivity contribution < 1.29 is 4.39 Å². The van der Waals surface area contributed by atoms with Crippen LogP contribution in [0.2, 0.25) is 0 Å². The van der Waals surface area contributed by atoms with E-state index in [0.29, 0.717) is 17.3 Å². The molecule has 0 aliphatic rings. The van der Waals surface area contributed by atoms with Gasteiger partial charge in [-0.05, 0) is 31.5 Å². The van der Waals surface area contributed by atoms with Crippen LogP contribution in [0.3, 0.4) is 0 Å². The van der Waals surface area contributed by atoms with Crippen LogP contribution in [0.5, 0.6) is 0 Å². The van der Waals surface area contributed by atoms with Gasteiger partial charge in [-0.15, -0.1) is 0 Å². The molecule has 108 valence electrons. The van der Waals surface area contributed by atoms with E-state index in [2.05, 4.69) is 20.5 Å². The van der Waals surface area contributed by atoms with E-state index in [4.69, 9.17) is 0 Å². The third kappa shape index (κ3) is 2.49. The number of halogens is 1. The SMILES string of the molecule is Cc1nc(NC(C)c2cccc(F)c2)cc2n[nH]c(=O)n12. The minimum Gasteiger partial charge on any atom is -0.363 e. The summed E-state index contributed by atoms with van der Waals surface area (Å²) in [6, 6.07) is 7.92. The molecule has 2 N–H and O–H groups in total. The number of fused-ring (bicyclic) bond motifs is 1. The lowest BCUT2D eigenvalue weighted by atomic mass is 10.1. The van der Waals surface area contributed by atoms with Crippen LogP contribution in [0.25, 0.3) is 5.65 Å². The molecule has 0 spiro atoms. The van der Waals surface area contributed by atoms with Crippen molar-refractivity contribution in [1.29, 1.82) is 0 Å². The Hall–Kier alpha value is -2.70. The molecule has 0 amide bonds. The standard InChI is InChI=1S/C14H14FN5O/c1-8(10-4-3-5-11(15)6-10)16-12-7-13-18-19-14(21)20(13)9(2)17-12/h3-8,16H,1-2H3,(H,19,21). The molecule has 2 aromatic heterocycles. The maximum atomic E-state index is 13.2. The summed E-state index contributed by atoms with van der Waals surface area (Å²) in [6.07, 6.45) is 0. The Morgan fingerprint density at radius 1 is 1.38 bits per heavy atom. The number of aromatic amines is 1. The van der Waals surface area contributed by atoms with Crippen LogP contribution in [-0.2, 0) is 0 Å². The van der Waals surface area contributed by atoms with Crippen molar-refractivity contribution >= 4 is 11.5 Å². The zero-order valence-corrected chi connectivity index (χ0v) is 11.6. The fourth-order valence-electron chi connectivity index (χ4n) is 2.25. The zero-order chi connectivity index (χ0) is 15.0. The molecule has 0 saturated carbocycles. The summed E-state index contributed by atoms with van der Waals surface area (Å²) in [4.78, 5) is 15.9. The second-order valence-corrected chi connectivity index (χ2v) is 4.83. The normalized spacial score (nSPS) is 12.5. The Balaban J connectivity index is 1.93. The minimum absolute atomic E-state index is 0.124. The molecule has 1 atom stereocenters. The van der Waals surface area contributed by atoms with E-state index in [0.717, 1.165) is 5.56 Å². The van der Waals surface area contributed by atoms with Gasteiger partial charge in [-0.2, -0.15) is 5.10 Å². The minimum atomic E-state index is -0.320. The molecule has 1 unspecified atom stereocenters. The largest absolute Gasteiger partial charge is 0.363 e. The molecule has 0 radical (unpaired) electrons. The number of nitrogens with one attached hydrogen (secondary N) is 2. The highest BCUT2D eigenvalue weighted by Gasteiger charge is 2.10. The maximum Gasteiger partial charge on any atom is 0.349 e. The molecule has 0 aliphatic heterocycles. The third-order valence-corrected chi connectivity index (χ3v) is 3.28. The smallest absolute Gasteiger partial charge is 0.349 e. The van der Waals surface area contributed by atoms with Crippen LogP contribution in [0.1, 0.15) is 24.4 Å². The van der Waals surface area contributed by atoms with E-state index in [1.807, 2.05) is 13.0 Å². The van der Waals surface area contributed by atoms with Gasteiger partial charge in [-0.3, -0.25) is 0 Å². The first-order valence-corrected chi connectivity index (χ1v) is 6.51. The highest BCUT2D eigenvalue weighted by Crippen LogP contribution is 2.19. The number of rotatable bonds is 3. The van der Waals surface area contributed by atoms with Gasteiger partial charge in [0.1, 0.15) is 17.5 Å². The van der Waals surface area contributed by atoms with Crippen molar-refractivity contribution in [3.63, 3.8) is 0 Å². The lowest BCUT2D eigenvalue weighted by Gasteiger charge is -2.15. The van der Waals surface area contributed by atoms with Gasteiger partial charge in [-0.25, -0.2) is 23.7 Å². The summed E-state index contributed by atoms with van der Waals surface area (Å²) in [7, 11) is 0. The number of hydrogen-bond acceptors (Lipinski definition) is 4. The lowest BCUT2D eigenvalue weighted by Crippen LogP contribution is -2.15.